The monoisotopic (exact) mass is 359 g/mol. The van der Waals surface area contributed by atoms with Gasteiger partial charge in [0.2, 0.25) is 10.0 Å². The van der Waals surface area contributed by atoms with Crippen LogP contribution in [0.15, 0.2) is 23.1 Å². The highest BCUT2D eigenvalue weighted by molar-refractivity contribution is 7.98. The molecule has 1 fully saturated rings. The summed E-state index contributed by atoms with van der Waals surface area (Å²) in [5.41, 5.74) is 0.204. The van der Waals surface area contributed by atoms with Gasteiger partial charge < -0.3 is 5.32 Å². The van der Waals surface area contributed by atoms with E-state index in [4.69, 9.17) is 0 Å². The van der Waals surface area contributed by atoms with Gasteiger partial charge in [-0.1, -0.05) is 0 Å². The molecular formula is C14H21N3O4S2. The number of anilines is 1. The fourth-order valence-electron chi connectivity index (χ4n) is 2.58. The van der Waals surface area contributed by atoms with Gasteiger partial charge in [-0.05, 0) is 32.1 Å². The molecule has 0 aliphatic carbocycles. The van der Waals surface area contributed by atoms with Gasteiger partial charge in [-0.15, -0.1) is 0 Å². The van der Waals surface area contributed by atoms with Crippen LogP contribution in [0, 0.1) is 10.1 Å². The maximum absolute atomic E-state index is 12.8. The minimum absolute atomic E-state index is 0.0125. The number of nitrogens with one attached hydrogen (secondary N) is 1. The molecule has 1 atom stereocenters. The Morgan fingerprint density at radius 3 is 2.61 bits per heavy atom. The van der Waals surface area contributed by atoms with E-state index in [0.29, 0.717) is 18.8 Å². The lowest BCUT2D eigenvalue weighted by Crippen LogP contribution is -2.29. The zero-order valence-electron chi connectivity index (χ0n) is 13.2. The minimum atomic E-state index is -3.73. The Labute approximate surface area is 140 Å². The summed E-state index contributed by atoms with van der Waals surface area (Å²) in [5.74, 6) is 0.806. The van der Waals surface area contributed by atoms with E-state index < -0.39 is 14.9 Å². The smallest absolute Gasteiger partial charge is 0.270 e. The molecule has 0 spiro atoms. The highest BCUT2D eigenvalue weighted by Gasteiger charge is 2.31. The first-order chi connectivity index (χ1) is 10.9. The van der Waals surface area contributed by atoms with E-state index >= 15 is 0 Å². The van der Waals surface area contributed by atoms with Crippen molar-refractivity contribution in [3.63, 3.8) is 0 Å². The number of hydrogen-bond acceptors (Lipinski definition) is 6. The number of nitro groups is 1. The molecule has 1 saturated heterocycles. The van der Waals surface area contributed by atoms with Crippen LogP contribution in [0.25, 0.3) is 0 Å². The second-order valence-electron chi connectivity index (χ2n) is 5.55. The first-order valence-corrected chi connectivity index (χ1v) is 10.2. The molecule has 23 heavy (non-hydrogen) atoms. The summed E-state index contributed by atoms with van der Waals surface area (Å²) in [4.78, 5) is 10.4. The number of thioether (sulfide) groups is 1. The maximum Gasteiger partial charge on any atom is 0.270 e. The molecule has 2 rings (SSSR count). The summed E-state index contributed by atoms with van der Waals surface area (Å²) in [5, 5.41) is 14.2. The van der Waals surface area contributed by atoms with Crippen molar-refractivity contribution in [2.24, 2.45) is 0 Å². The van der Waals surface area contributed by atoms with Crippen LogP contribution in [0.5, 0.6) is 0 Å². The molecule has 0 bridgehead atoms. The van der Waals surface area contributed by atoms with Crippen molar-refractivity contribution in [1.29, 1.82) is 0 Å². The second-order valence-corrected chi connectivity index (χ2v) is 8.37. The van der Waals surface area contributed by atoms with Crippen molar-refractivity contribution in [1.82, 2.24) is 4.31 Å². The molecule has 1 aliphatic rings. The SMILES string of the molecule is CSCC(C)Nc1ccc([N+](=O)[O-])cc1S(=O)(=O)N1CCCC1. The Kier molecular flexibility index (Phi) is 5.88. The molecule has 0 saturated carbocycles. The van der Waals surface area contributed by atoms with Crippen LogP contribution in [0.4, 0.5) is 11.4 Å². The summed E-state index contributed by atoms with van der Waals surface area (Å²) in [6.07, 6.45) is 3.61. The molecule has 1 aromatic carbocycles. The predicted octanol–water partition coefficient (Wildman–Crippen LogP) is 2.54. The van der Waals surface area contributed by atoms with E-state index in [9.17, 15) is 18.5 Å². The van der Waals surface area contributed by atoms with E-state index in [1.54, 1.807) is 11.8 Å². The Bertz CT molecular complexity index is 673. The van der Waals surface area contributed by atoms with E-state index in [1.807, 2.05) is 13.2 Å². The largest absolute Gasteiger partial charge is 0.381 e. The molecule has 128 valence electrons. The van der Waals surface area contributed by atoms with Gasteiger partial charge in [0.1, 0.15) is 4.90 Å². The van der Waals surface area contributed by atoms with Gasteiger partial charge >= 0.3 is 0 Å². The van der Waals surface area contributed by atoms with Crippen molar-refractivity contribution >= 4 is 33.2 Å². The maximum atomic E-state index is 12.8. The van der Waals surface area contributed by atoms with Crippen LogP contribution < -0.4 is 5.32 Å². The molecule has 0 radical (unpaired) electrons. The fourth-order valence-corrected chi connectivity index (χ4v) is 4.86. The third-order valence-corrected chi connectivity index (χ3v) is 6.45. The highest BCUT2D eigenvalue weighted by Crippen LogP contribution is 2.31. The average Bonchev–Trinajstić information content (AvgIpc) is 3.02. The van der Waals surface area contributed by atoms with Gasteiger partial charge in [0.05, 0.1) is 10.6 Å². The normalized spacial score (nSPS) is 17.1. The molecule has 1 aromatic rings. The van der Waals surface area contributed by atoms with Gasteiger partial charge in [-0.3, -0.25) is 10.1 Å². The molecule has 0 amide bonds. The lowest BCUT2D eigenvalue weighted by molar-refractivity contribution is -0.385. The lowest BCUT2D eigenvalue weighted by Gasteiger charge is -2.21. The zero-order valence-corrected chi connectivity index (χ0v) is 14.8. The van der Waals surface area contributed by atoms with Crippen molar-refractivity contribution in [2.45, 2.75) is 30.7 Å². The summed E-state index contributed by atoms with van der Waals surface area (Å²) in [6.45, 7) is 2.87. The number of sulfonamides is 1. The third-order valence-electron chi connectivity index (χ3n) is 3.68. The van der Waals surface area contributed by atoms with Crippen molar-refractivity contribution < 1.29 is 13.3 Å². The Morgan fingerprint density at radius 2 is 2.04 bits per heavy atom. The Hall–Kier alpha value is -1.32. The molecular weight excluding hydrogens is 338 g/mol. The second kappa shape index (κ2) is 7.50. The number of nitrogens with zero attached hydrogens (tertiary/aromatic N) is 2. The average molecular weight is 359 g/mol. The number of nitro benzene ring substituents is 1. The lowest BCUT2D eigenvalue weighted by atomic mass is 10.2. The molecule has 9 heteroatoms. The van der Waals surface area contributed by atoms with Crippen LogP contribution in [-0.4, -0.2) is 48.8 Å². The molecule has 1 aliphatic heterocycles. The van der Waals surface area contributed by atoms with E-state index in [1.165, 1.54) is 16.4 Å². The van der Waals surface area contributed by atoms with Gasteiger partial charge in [0.15, 0.2) is 0 Å². The number of rotatable bonds is 7. The standard InChI is InChI=1S/C14H21N3O4S2/c1-11(10-22-2)15-13-6-5-12(17(18)19)9-14(13)23(20,21)16-7-3-4-8-16/h5-6,9,11,15H,3-4,7-8,10H2,1-2H3. The Balaban J connectivity index is 2.44. The van der Waals surface area contributed by atoms with Crippen molar-refractivity contribution in [3.05, 3.63) is 28.3 Å². The molecule has 1 unspecified atom stereocenters. The predicted molar refractivity (Wildman–Crippen MR) is 92.6 cm³/mol. The summed E-state index contributed by atoms with van der Waals surface area (Å²) in [7, 11) is -3.73. The molecule has 1 N–H and O–H groups in total. The van der Waals surface area contributed by atoms with Crippen LogP contribution in [-0.2, 0) is 10.0 Å². The number of non-ortho nitro benzene ring substituents is 1. The van der Waals surface area contributed by atoms with Crippen LogP contribution in [0.1, 0.15) is 19.8 Å². The van der Waals surface area contributed by atoms with Crippen molar-refractivity contribution in [2.75, 3.05) is 30.4 Å². The van der Waals surface area contributed by atoms with E-state index in [2.05, 4.69) is 5.32 Å². The molecule has 7 nitrogen and oxygen atoms in total. The summed E-state index contributed by atoms with van der Waals surface area (Å²) < 4.78 is 27.1. The zero-order chi connectivity index (χ0) is 17.0. The first kappa shape index (κ1) is 18.0. The minimum Gasteiger partial charge on any atom is -0.381 e. The van der Waals surface area contributed by atoms with E-state index in [-0.39, 0.29) is 16.6 Å². The van der Waals surface area contributed by atoms with Crippen molar-refractivity contribution in [3.8, 4) is 0 Å². The summed E-state index contributed by atoms with van der Waals surface area (Å²) >= 11 is 1.65. The Morgan fingerprint density at radius 1 is 1.39 bits per heavy atom. The number of benzene rings is 1. The van der Waals surface area contributed by atoms with Crippen LogP contribution in [0.3, 0.4) is 0 Å². The third kappa shape index (κ3) is 4.15. The van der Waals surface area contributed by atoms with Crippen LogP contribution in [0.2, 0.25) is 0 Å². The fraction of sp³-hybridized carbons (Fsp3) is 0.571. The summed E-state index contributed by atoms with van der Waals surface area (Å²) in [6, 6.07) is 4.02. The first-order valence-electron chi connectivity index (χ1n) is 7.40. The van der Waals surface area contributed by atoms with Crippen LogP contribution >= 0.6 is 11.8 Å². The topological polar surface area (TPSA) is 92.5 Å². The van der Waals surface area contributed by atoms with E-state index in [0.717, 1.165) is 24.7 Å². The van der Waals surface area contributed by atoms with Gasteiger partial charge in [-0.25, -0.2) is 8.42 Å². The quantitative estimate of drug-likeness (QED) is 0.594. The van der Waals surface area contributed by atoms with Gasteiger partial charge in [0, 0.05) is 37.0 Å². The van der Waals surface area contributed by atoms with Gasteiger partial charge in [-0.2, -0.15) is 16.1 Å². The molecule has 1 heterocycles. The number of hydrogen-bond donors (Lipinski definition) is 1. The highest BCUT2D eigenvalue weighted by atomic mass is 32.2. The van der Waals surface area contributed by atoms with Gasteiger partial charge in [0.25, 0.3) is 5.69 Å². The molecule has 0 aromatic heterocycles.